The van der Waals surface area contributed by atoms with Crippen LogP contribution in [0, 0.1) is 16.0 Å². The summed E-state index contributed by atoms with van der Waals surface area (Å²) in [6.45, 7) is 3.46. The molecule has 0 radical (unpaired) electrons. The third kappa shape index (κ3) is 3.14. The minimum Gasteiger partial charge on any atom is -0.379 e. The van der Waals surface area contributed by atoms with Crippen LogP contribution in [-0.4, -0.2) is 30.5 Å². The lowest BCUT2D eigenvalue weighted by Gasteiger charge is -2.17. The smallest absolute Gasteiger partial charge is 0.293 e. The lowest BCUT2D eigenvalue weighted by molar-refractivity contribution is -0.384. The predicted octanol–water partition coefficient (Wildman–Crippen LogP) is 2.63. The molecule has 1 saturated heterocycles. The average Bonchev–Trinajstić information content (AvgIpc) is 2.92. The predicted molar refractivity (Wildman–Crippen MR) is 75.1 cm³/mol. The van der Waals surface area contributed by atoms with Crippen LogP contribution in [0.1, 0.15) is 30.1 Å². The molecule has 108 valence electrons. The summed E-state index contributed by atoms with van der Waals surface area (Å²) < 4.78 is 5.60. The second-order valence-corrected chi connectivity index (χ2v) is 4.90. The molecule has 0 saturated carbocycles. The highest BCUT2D eigenvalue weighted by Gasteiger charge is 2.27. The second-order valence-electron chi connectivity index (χ2n) is 4.90. The Morgan fingerprint density at radius 1 is 1.55 bits per heavy atom. The van der Waals surface area contributed by atoms with Gasteiger partial charge in [0.05, 0.1) is 11.0 Å². The van der Waals surface area contributed by atoms with Crippen LogP contribution in [0.2, 0.25) is 0 Å². The molecule has 0 aromatic heterocycles. The molecule has 6 nitrogen and oxygen atoms in total. The summed E-state index contributed by atoms with van der Waals surface area (Å²) in [5, 5.41) is 14.1. The van der Waals surface area contributed by atoms with Crippen molar-refractivity contribution in [3.05, 3.63) is 33.9 Å². The third-order valence-corrected chi connectivity index (χ3v) is 3.66. The maximum atomic E-state index is 11.0. The quantitative estimate of drug-likeness (QED) is 0.491. The Labute approximate surface area is 117 Å². The van der Waals surface area contributed by atoms with Gasteiger partial charge in [-0.05, 0) is 25.0 Å². The van der Waals surface area contributed by atoms with E-state index in [1.165, 1.54) is 6.07 Å². The molecule has 0 bridgehead atoms. The molecule has 0 aliphatic carbocycles. The molecular weight excluding hydrogens is 260 g/mol. The number of carbonyl (C=O) groups excluding carboxylic acids is 1. The number of nitrogens with one attached hydrogen (secondary N) is 1. The number of carbonyl (C=O) groups is 1. The Kier molecular flexibility index (Phi) is 4.68. The number of nitro groups is 1. The number of nitrogens with zero attached hydrogens (tertiary/aromatic N) is 1. The van der Waals surface area contributed by atoms with E-state index in [-0.39, 0.29) is 11.8 Å². The van der Waals surface area contributed by atoms with Crippen molar-refractivity contribution in [1.29, 1.82) is 0 Å². The van der Waals surface area contributed by atoms with E-state index in [2.05, 4.69) is 12.2 Å². The Morgan fingerprint density at radius 3 is 3.00 bits per heavy atom. The number of benzene rings is 1. The first-order valence-corrected chi connectivity index (χ1v) is 6.74. The summed E-state index contributed by atoms with van der Waals surface area (Å²) in [5.41, 5.74) is 0.682. The van der Waals surface area contributed by atoms with Crippen molar-refractivity contribution in [2.45, 2.75) is 25.9 Å². The molecule has 2 atom stereocenters. The van der Waals surface area contributed by atoms with Crippen LogP contribution in [-0.2, 0) is 4.74 Å². The highest BCUT2D eigenvalue weighted by molar-refractivity contribution is 5.79. The molecule has 1 fully saturated rings. The van der Waals surface area contributed by atoms with E-state index in [4.69, 9.17) is 4.74 Å². The molecular formula is C14H18N2O4. The third-order valence-electron chi connectivity index (χ3n) is 3.66. The summed E-state index contributed by atoms with van der Waals surface area (Å²) in [5.74, 6) is 0.366. The van der Waals surface area contributed by atoms with Gasteiger partial charge in [0.1, 0.15) is 12.0 Å². The number of nitro benzene ring substituents is 1. The largest absolute Gasteiger partial charge is 0.379 e. The van der Waals surface area contributed by atoms with E-state index in [1.54, 1.807) is 12.1 Å². The van der Waals surface area contributed by atoms with Crippen molar-refractivity contribution in [2.75, 3.05) is 18.5 Å². The van der Waals surface area contributed by atoms with Gasteiger partial charge in [-0.1, -0.05) is 6.92 Å². The van der Waals surface area contributed by atoms with E-state index in [0.29, 0.717) is 30.0 Å². The van der Waals surface area contributed by atoms with Crippen molar-refractivity contribution in [1.82, 2.24) is 0 Å². The number of hydrogen-bond donors (Lipinski definition) is 1. The van der Waals surface area contributed by atoms with Gasteiger partial charge in [0.25, 0.3) is 5.69 Å². The fraction of sp³-hybridized carbons (Fsp3) is 0.500. The molecule has 0 amide bonds. The number of aldehydes is 1. The molecule has 1 aromatic carbocycles. The zero-order valence-corrected chi connectivity index (χ0v) is 11.4. The van der Waals surface area contributed by atoms with E-state index >= 15 is 0 Å². The second kappa shape index (κ2) is 6.47. The normalized spacial score (nSPS) is 21.6. The number of rotatable bonds is 6. The number of ether oxygens (including phenoxy) is 1. The Bertz CT molecular complexity index is 504. The summed E-state index contributed by atoms with van der Waals surface area (Å²) in [6, 6.07) is 4.45. The zero-order chi connectivity index (χ0) is 14.5. The van der Waals surface area contributed by atoms with Crippen molar-refractivity contribution in [3.63, 3.8) is 0 Å². The Balaban J connectivity index is 2.09. The summed E-state index contributed by atoms with van der Waals surface area (Å²) in [6.07, 6.45) is 2.73. The first kappa shape index (κ1) is 14.5. The molecule has 2 unspecified atom stereocenters. The topological polar surface area (TPSA) is 81.5 Å². The molecule has 20 heavy (non-hydrogen) atoms. The van der Waals surface area contributed by atoms with Crippen LogP contribution in [0.5, 0.6) is 0 Å². The first-order valence-electron chi connectivity index (χ1n) is 6.74. The van der Waals surface area contributed by atoms with E-state index in [0.717, 1.165) is 19.4 Å². The lowest BCUT2D eigenvalue weighted by atomic mass is 9.99. The van der Waals surface area contributed by atoms with Crippen molar-refractivity contribution in [2.24, 2.45) is 5.92 Å². The molecule has 1 aliphatic heterocycles. The van der Waals surface area contributed by atoms with Crippen LogP contribution >= 0.6 is 0 Å². The van der Waals surface area contributed by atoms with E-state index in [1.807, 2.05) is 0 Å². The molecule has 1 heterocycles. The van der Waals surface area contributed by atoms with Gasteiger partial charge >= 0.3 is 0 Å². The van der Waals surface area contributed by atoms with Gasteiger partial charge in [-0.25, -0.2) is 0 Å². The fourth-order valence-electron chi connectivity index (χ4n) is 2.54. The monoisotopic (exact) mass is 278 g/mol. The fourth-order valence-corrected chi connectivity index (χ4v) is 2.54. The molecule has 2 rings (SSSR count). The van der Waals surface area contributed by atoms with Gasteiger partial charge < -0.3 is 10.1 Å². The summed E-state index contributed by atoms with van der Waals surface area (Å²) in [7, 11) is 0. The van der Waals surface area contributed by atoms with Gasteiger partial charge in [-0.2, -0.15) is 0 Å². The molecule has 1 aromatic rings. The SMILES string of the molecule is CCC1OCCC1CNc1ccc(C=O)cc1[N+](=O)[O-]. The van der Waals surface area contributed by atoms with Crippen LogP contribution in [0.15, 0.2) is 18.2 Å². The van der Waals surface area contributed by atoms with Crippen LogP contribution in [0.25, 0.3) is 0 Å². The van der Waals surface area contributed by atoms with E-state index in [9.17, 15) is 14.9 Å². The van der Waals surface area contributed by atoms with Crippen molar-refractivity contribution < 1.29 is 14.5 Å². The molecule has 0 spiro atoms. The van der Waals surface area contributed by atoms with E-state index < -0.39 is 4.92 Å². The van der Waals surface area contributed by atoms with Gasteiger partial charge in [-0.15, -0.1) is 0 Å². The van der Waals surface area contributed by atoms with Crippen LogP contribution in [0.4, 0.5) is 11.4 Å². The number of anilines is 1. The maximum absolute atomic E-state index is 11.0. The Hall–Kier alpha value is -1.95. The van der Waals surface area contributed by atoms with Crippen LogP contribution in [0.3, 0.4) is 0 Å². The van der Waals surface area contributed by atoms with Gasteiger partial charge in [0.15, 0.2) is 0 Å². The van der Waals surface area contributed by atoms with Crippen molar-refractivity contribution in [3.8, 4) is 0 Å². The van der Waals surface area contributed by atoms with Crippen LogP contribution < -0.4 is 5.32 Å². The number of hydrogen-bond acceptors (Lipinski definition) is 5. The minimum atomic E-state index is -0.474. The highest BCUT2D eigenvalue weighted by atomic mass is 16.6. The average molecular weight is 278 g/mol. The van der Waals surface area contributed by atoms with Gasteiger partial charge in [0, 0.05) is 30.7 Å². The zero-order valence-electron chi connectivity index (χ0n) is 11.4. The van der Waals surface area contributed by atoms with Crippen molar-refractivity contribution >= 4 is 17.7 Å². The Morgan fingerprint density at radius 2 is 2.35 bits per heavy atom. The van der Waals surface area contributed by atoms with Gasteiger partial charge in [-0.3, -0.25) is 14.9 Å². The lowest BCUT2D eigenvalue weighted by Crippen LogP contribution is -2.23. The first-order chi connectivity index (χ1) is 9.65. The highest BCUT2D eigenvalue weighted by Crippen LogP contribution is 2.28. The standard InChI is InChI=1S/C14H18N2O4/c1-2-14-11(5-6-20-14)8-15-12-4-3-10(9-17)7-13(12)16(18)19/h3-4,7,9,11,14-15H,2,5-6,8H2,1H3. The molecule has 1 aliphatic rings. The molecule has 1 N–H and O–H groups in total. The maximum Gasteiger partial charge on any atom is 0.293 e. The minimum absolute atomic E-state index is 0.0680. The summed E-state index contributed by atoms with van der Waals surface area (Å²) >= 11 is 0. The van der Waals surface area contributed by atoms with Gasteiger partial charge in [0.2, 0.25) is 0 Å². The molecule has 6 heteroatoms. The summed E-state index contributed by atoms with van der Waals surface area (Å²) in [4.78, 5) is 21.2.